The number of nitrogens with zero attached hydrogens (tertiary/aromatic N) is 2. The maximum Gasteiger partial charge on any atom is 0.288 e. The van der Waals surface area contributed by atoms with Gasteiger partial charge in [-0.1, -0.05) is 11.8 Å². The minimum atomic E-state index is -2.53. The molecule has 1 saturated heterocycles. The van der Waals surface area contributed by atoms with Crippen LogP contribution in [0.3, 0.4) is 0 Å². The fourth-order valence-corrected chi connectivity index (χ4v) is 3.38. The third kappa shape index (κ3) is 4.64. The number of halogens is 4. The molecule has 0 atom stereocenters. The minimum absolute atomic E-state index is 0.0470. The first-order valence-electron chi connectivity index (χ1n) is 8.43. The lowest BCUT2D eigenvalue weighted by Gasteiger charge is -2.35. The molecule has 0 radical (unpaired) electrons. The summed E-state index contributed by atoms with van der Waals surface area (Å²) in [4.78, 5) is 28.3. The fraction of sp³-hybridized carbons (Fsp3) is 0.263. The van der Waals surface area contributed by atoms with Crippen LogP contribution in [0.4, 0.5) is 17.6 Å². The summed E-state index contributed by atoms with van der Waals surface area (Å²) in [6.45, 7) is 1.06. The second-order valence-corrected chi connectivity index (χ2v) is 7.18. The van der Waals surface area contributed by atoms with Crippen molar-refractivity contribution in [2.75, 3.05) is 26.2 Å². The van der Waals surface area contributed by atoms with E-state index >= 15 is 0 Å². The second-order valence-electron chi connectivity index (χ2n) is 6.12. The van der Waals surface area contributed by atoms with Crippen molar-refractivity contribution in [2.24, 2.45) is 0 Å². The van der Waals surface area contributed by atoms with Crippen LogP contribution in [-0.2, 0) is 0 Å². The number of carbonyl (C=O) groups is 2. The van der Waals surface area contributed by atoms with Crippen molar-refractivity contribution in [1.29, 1.82) is 0 Å². The van der Waals surface area contributed by atoms with Gasteiger partial charge in [0.15, 0.2) is 11.6 Å². The molecule has 2 aromatic rings. The molecule has 0 unspecified atom stereocenters. The lowest BCUT2D eigenvalue weighted by molar-refractivity contribution is 0.0535. The summed E-state index contributed by atoms with van der Waals surface area (Å²) >= 11 is 0.405. The Bertz CT molecular complexity index is 869. The molecule has 28 heavy (non-hydrogen) atoms. The summed E-state index contributed by atoms with van der Waals surface area (Å²) in [5.41, 5.74) is 0.421. The molecule has 1 aliphatic rings. The average molecular weight is 412 g/mol. The average Bonchev–Trinajstić information content (AvgIpc) is 2.69. The highest BCUT2D eigenvalue weighted by molar-refractivity contribution is 7.99. The van der Waals surface area contributed by atoms with Crippen molar-refractivity contribution < 1.29 is 27.2 Å². The van der Waals surface area contributed by atoms with Crippen LogP contribution in [-0.4, -0.2) is 53.6 Å². The molecule has 1 fully saturated rings. The molecular formula is C19H16F4N2O2S. The first-order valence-corrected chi connectivity index (χ1v) is 9.31. The lowest BCUT2D eigenvalue weighted by atomic mass is 10.1. The molecular weight excluding hydrogens is 396 g/mol. The fourth-order valence-electron chi connectivity index (χ4n) is 2.89. The maximum absolute atomic E-state index is 13.3. The molecule has 0 aromatic heterocycles. The number of rotatable bonds is 4. The van der Waals surface area contributed by atoms with E-state index in [1.54, 1.807) is 4.90 Å². The molecule has 9 heteroatoms. The number of benzene rings is 2. The Hall–Kier alpha value is -2.55. The van der Waals surface area contributed by atoms with Gasteiger partial charge in [-0.15, -0.1) is 0 Å². The van der Waals surface area contributed by atoms with Gasteiger partial charge in [-0.2, -0.15) is 8.78 Å². The van der Waals surface area contributed by atoms with E-state index in [4.69, 9.17) is 0 Å². The van der Waals surface area contributed by atoms with Crippen molar-refractivity contribution in [3.05, 3.63) is 65.2 Å². The number of carbonyl (C=O) groups excluding carboxylic acids is 2. The van der Waals surface area contributed by atoms with E-state index in [-0.39, 0.29) is 37.6 Å². The highest BCUT2D eigenvalue weighted by Gasteiger charge is 2.26. The topological polar surface area (TPSA) is 40.6 Å². The van der Waals surface area contributed by atoms with Gasteiger partial charge in [0.05, 0.1) is 0 Å². The molecule has 0 saturated carbocycles. The van der Waals surface area contributed by atoms with Gasteiger partial charge in [-0.25, -0.2) is 8.78 Å². The Balaban J connectivity index is 1.59. The van der Waals surface area contributed by atoms with Crippen LogP contribution in [0, 0.1) is 11.6 Å². The Morgan fingerprint density at radius 2 is 1.29 bits per heavy atom. The largest absolute Gasteiger partial charge is 0.335 e. The number of alkyl halides is 2. The molecule has 4 nitrogen and oxygen atoms in total. The predicted molar refractivity (Wildman–Crippen MR) is 96.5 cm³/mol. The number of amides is 2. The molecule has 0 spiro atoms. The zero-order valence-electron chi connectivity index (χ0n) is 14.6. The Kier molecular flexibility index (Phi) is 6.23. The summed E-state index contributed by atoms with van der Waals surface area (Å²) < 4.78 is 51.0. The molecule has 0 aliphatic carbocycles. The van der Waals surface area contributed by atoms with Gasteiger partial charge in [-0.05, 0) is 42.5 Å². The first kappa shape index (κ1) is 20.2. The third-order valence-electron chi connectivity index (χ3n) is 4.35. The van der Waals surface area contributed by atoms with Crippen LogP contribution in [0.25, 0.3) is 0 Å². The standard InChI is InChI=1S/C19H16F4N2O2S/c20-15-6-3-13(11-16(15)21)18(27)25-9-7-24(8-10-25)17(26)12-1-4-14(5-2-12)28-19(22)23/h1-6,11,19H,7-10H2. The maximum atomic E-state index is 13.3. The summed E-state index contributed by atoms with van der Waals surface area (Å²) in [5, 5.41) is 0. The molecule has 2 amide bonds. The highest BCUT2D eigenvalue weighted by Crippen LogP contribution is 2.25. The quantitative estimate of drug-likeness (QED) is 0.565. The van der Waals surface area contributed by atoms with Gasteiger partial charge in [-0.3, -0.25) is 9.59 Å². The van der Waals surface area contributed by atoms with E-state index in [2.05, 4.69) is 0 Å². The molecule has 1 heterocycles. The Morgan fingerprint density at radius 1 is 0.786 bits per heavy atom. The molecule has 3 rings (SSSR count). The van der Waals surface area contributed by atoms with Gasteiger partial charge < -0.3 is 9.80 Å². The normalized spacial score (nSPS) is 14.5. The zero-order chi connectivity index (χ0) is 20.3. The smallest absolute Gasteiger partial charge is 0.288 e. The highest BCUT2D eigenvalue weighted by atomic mass is 32.2. The van der Waals surface area contributed by atoms with E-state index in [0.717, 1.165) is 12.1 Å². The molecule has 0 N–H and O–H groups in total. The van der Waals surface area contributed by atoms with Crippen molar-refractivity contribution in [2.45, 2.75) is 10.7 Å². The van der Waals surface area contributed by atoms with Crippen LogP contribution in [0.1, 0.15) is 20.7 Å². The monoisotopic (exact) mass is 412 g/mol. The van der Waals surface area contributed by atoms with E-state index in [0.29, 0.717) is 22.2 Å². The first-order chi connectivity index (χ1) is 13.3. The summed E-state index contributed by atoms with van der Waals surface area (Å²) in [5.74, 6) is -5.33. The van der Waals surface area contributed by atoms with E-state index in [9.17, 15) is 27.2 Å². The van der Waals surface area contributed by atoms with Gasteiger partial charge in [0, 0.05) is 42.2 Å². The number of hydrogen-bond donors (Lipinski definition) is 0. The van der Waals surface area contributed by atoms with Gasteiger partial charge in [0.1, 0.15) is 0 Å². The predicted octanol–water partition coefficient (Wildman–Crippen LogP) is 3.88. The summed E-state index contributed by atoms with van der Waals surface area (Å²) in [7, 11) is 0. The van der Waals surface area contributed by atoms with Crippen molar-refractivity contribution >= 4 is 23.6 Å². The number of thioether (sulfide) groups is 1. The van der Waals surface area contributed by atoms with Gasteiger partial charge >= 0.3 is 0 Å². The second kappa shape index (κ2) is 8.64. The van der Waals surface area contributed by atoms with Gasteiger partial charge in [0.2, 0.25) is 0 Å². The zero-order valence-corrected chi connectivity index (χ0v) is 15.4. The van der Waals surface area contributed by atoms with Crippen LogP contribution < -0.4 is 0 Å². The third-order valence-corrected chi connectivity index (χ3v) is 5.07. The number of hydrogen-bond acceptors (Lipinski definition) is 3. The van der Waals surface area contributed by atoms with Gasteiger partial charge in [0.25, 0.3) is 17.6 Å². The summed E-state index contributed by atoms with van der Waals surface area (Å²) in [6.07, 6.45) is 0. The molecule has 0 bridgehead atoms. The lowest BCUT2D eigenvalue weighted by Crippen LogP contribution is -2.50. The van der Waals surface area contributed by atoms with Crippen LogP contribution in [0.2, 0.25) is 0 Å². The van der Waals surface area contributed by atoms with E-state index < -0.39 is 23.3 Å². The van der Waals surface area contributed by atoms with E-state index in [1.165, 1.54) is 35.2 Å². The van der Waals surface area contributed by atoms with Crippen LogP contribution >= 0.6 is 11.8 Å². The Morgan fingerprint density at radius 3 is 1.79 bits per heavy atom. The molecule has 2 aromatic carbocycles. The van der Waals surface area contributed by atoms with Crippen molar-refractivity contribution in [1.82, 2.24) is 9.80 Å². The van der Waals surface area contributed by atoms with E-state index in [1.807, 2.05) is 0 Å². The SMILES string of the molecule is O=C(c1ccc(SC(F)F)cc1)N1CCN(C(=O)c2ccc(F)c(F)c2)CC1. The van der Waals surface area contributed by atoms with Crippen LogP contribution in [0.5, 0.6) is 0 Å². The van der Waals surface area contributed by atoms with Crippen LogP contribution in [0.15, 0.2) is 47.4 Å². The summed E-state index contributed by atoms with van der Waals surface area (Å²) in [6, 6.07) is 8.89. The minimum Gasteiger partial charge on any atom is -0.335 e. The van der Waals surface area contributed by atoms with Crippen molar-refractivity contribution in [3.63, 3.8) is 0 Å². The Labute approximate surface area is 163 Å². The molecule has 148 valence electrons. The number of piperazine rings is 1. The molecule has 1 aliphatic heterocycles. The van der Waals surface area contributed by atoms with Crippen molar-refractivity contribution in [3.8, 4) is 0 Å².